The van der Waals surface area contributed by atoms with Gasteiger partial charge in [-0.1, -0.05) is 25.8 Å². The molecule has 0 aromatic carbocycles. The van der Waals surface area contributed by atoms with Gasteiger partial charge in [0.15, 0.2) is 5.13 Å². The van der Waals surface area contributed by atoms with Crippen LogP contribution in [0.1, 0.15) is 32.6 Å². The molecule has 2 saturated heterocycles. The Balaban J connectivity index is 1.63. The van der Waals surface area contributed by atoms with Gasteiger partial charge in [0.1, 0.15) is 22.6 Å². The van der Waals surface area contributed by atoms with E-state index in [1.165, 1.54) is 28.1 Å². The van der Waals surface area contributed by atoms with E-state index >= 15 is 0 Å². The van der Waals surface area contributed by atoms with E-state index in [0.717, 1.165) is 29.1 Å². The second-order valence-electron chi connectivity index (χ2n) is 7.87. The van der Waals surface area contributed by atoms with Crippen molar-refractivity contribution >= 4 is 64.1 Å². The average molecular weight is 511 g/mol. The van der Waals surface area contributed by atoms with Gasteiger partial charge in [-0.05, 0) is 6.42 Å². The van der Waals surface area contributed by atoms with Crippen LogP contribution in [-0.4, -0.2) is 70.4 Å². The maximum absolute atomic E-state index is 13.0. The Morgan fingerprint density at radius 3 is 2.76 bits per heavy atom. The molecule has 0 radical (unpaired) electrons. The number of ether oxygens (including phenoxy) is 2. The number of anilines is 2. The molecule has 2 N–H and O–H groups in total. The van der Waals surface area contributed by atoms with Gasteiger partial charge in [0, 0.05) is 24.1 Å². The number of thioether (sulfide) groups is 1. The number of aldehydes is 1. The third-order valence-corrected chi connectivity index (χ3v) is 7.84. The Morgan fingerprint density at radius 1 is 1.38 bits per heavy atom. The zero-order valence-electron chi connectivity index (χ0n) is 18.6. The SMILES string of the molecule is C=CC1(C(=O)OCOC(=O)CCCCC)CS[C@@H]2C(N(C(=O)C=O)c3csc(N)n3)C(=O)N2C1. The molecule has 0 bridgehead atoms. The molecule has 3 rings (SSSR count). The molecule has 11 nitrogen and oxygen atoms in total. The molecule has 2 aliphatic rings. The van der Waals surface area contributed by atoms with E-state index in [9.17, 15) is 24.0 Å². The molecule has 1 aromatic heterocycles. The molecule has 13 heteroatoms. The van der Waals surface area contributed by atoms with Crippen molar-refractivity contribution in [3.05, 3.63) is 18.0 Å². The van der Waals surface area contributed by atoms with Crippen LogP contribution < -0.4 is 10.6 Å². The molecule has 34 heavy (non-hydrogen) atoms. The fraction of sp³-hybridized carbons (Fsp3) is 0.524. The Hall–Kier alpha value is -2.93. The van der Waals surface area contributed by atoms with Gasteiger partial charge in [-0.25, -0.2) is 4.98 Å². The summed E-state index contributed by atoms with van der Waals surface area (Å²) in [5.74, 6) is -2.13. The zero-order valence-corrected chi connectivity index (χ0v) is 20.3. The minimum atomic E-state index is -1.21. The van der Waals surface area contributed by atoms with E-state index in [2.05, 4.69) is 11.6 Å². The smallest absolute Gasteiger partial charge is 0.321 e. The summed E-state index contributed by atoms with van der Waals surface area (Å²) < 4.78 is 10.1. The molecule has 2 aliphatic heterocycles. The minimum Gasteiger partial charge on any atom is -0.428 e. The first-order chi connectivity index (χ1) is 16.3. The molecule has 2 fully saturated rings. The molecule has 1 aromatic rings. The number of carbonyl (C=O) groups excluding carboxylic acids is 5. The summed E-state index contributed by atoms with van der Waals surface area (Å²) in [7, 11) is 0. The van der Waals surface area contributed by atoms with Crippen LogP contribution in [0.2, 0.25) is 0 Å². The van der Waals surface area contributed by atoms with Crippen molar-refractivity contribution in [3.63, 3.8) is 0 Å². The highest BCUT2D eigenvalue weighted by molar-refractivity contribution is 8.00. The standard InChI is InChI=1S/C21H26N4O7S2/c1-3-5-6-7-15(28)31-12-32-19(30)21(4-2)10-24-17(29)16(18(24)34-11-21)25(14(27)8-26)13-9-33-20(22)23-13/h4,8-9,16,18H,2-3,5-7,10-12H2,1H3,(H2,22,23)/t16?,18-,21?/m1/s1. The van der Waals surface area contributed by atoms with Crippen LogP contribution >= 0.6 is 23.1 Å². The van der Waals surface area contributed by atoms with E-state index in [-0.39, 0.29) is 36.0 Å². The lowest BCUT2D eigenvalue weighted by Gasteiger charge is -2.55. The van der Waals surface area contributed by atoms with Crippen molar-refractivity contribution in [1.29, 1.82) is 0 Å². The van der Waals surface area contributed by atoms with Gasteiger partial charge in [0.25, 0.3) is 5.91 Å². The predicted molar refractivity (Wildman–Crippen MR) is 126 cm³/mol. The Kier molecular flexibility index (Phi) is 8.31. The van der Waals surface area contributed by atoms with Crippen LogP contribution in [0.25, 0.3) is 0 Å². The number of nitrogens with zero attached hydrogens (tertiary/aromatic N) is 3. The fourth-order valence-electron chi connectivity index (χ4n) is 3.73. The van der Waals surface area contributed by atoms with Gasteiger partial charge in [-0.2, -0.15) is 0 Å². The number of thiazole rings is 1. The summed E-state index contributed by atoms with van der Waals surface area (Å²) >= 11 is 2.34. The van der Waals surface area contributed by atoms with Gasteiger partial charge in [0.05, 0.1) is 0 Å². The van der Waals surface area contributed by atoms with Crippen molar-refractivity contribution < 1.29 is 33.4 Å². The first-order valence-electron chi connectivity index (χ1n) is 10.7. The molecule has 3 atom stereocenters. The molecular weight excluding hydrogens is 484 g/mol. The van der Waals surface area contributed by atoms with Crippen LogP contribution in [0.15, 0.2) is 18.0 Å². The third kappa shape index (κ3) is 5.09. The normalized spacial score (nSPS) is 23.3. The highest BCUT2D eigenvalue weighted by atomic mass is 32.2. The number of amides is 2. The predicted octanol–water partition coefficient (Wildman–Crippen LogP) is 1.34. The van der Waals surface area contributed by atoms with Crippen molar-refractivity contribution in [2.45, 2.75) is 44.0 Å². The van der Waals surface area contributed by atoms with Crippen molar-refractivity contribution in [1.82, 2.24) is 9.88 Å². The zero-order chi connectivity index (χ0) is 24.9. The largest absolute Gasteiger partial charge is 0.428 e. The van der Waals surface area contributed by atoms with Crippen LogP contribution in [0.3, 0.4) is 0 Å². The van der Waals surface area contributed by atoms with E-state index in [1.54, 1.807) is 0 Å². The number of rotatable bonds is 11. The number of aromatic nitrogens is 1. The van der Waals surface area contributed by atoms with Gasteiger partial charge < -0.3 is 20.1 Å². The van der Waals surface area contributed by atoms with Crippen LogP contribution in [0.5, 0.6) is 0 Å². The number of nitrogens with two attached hydrogens (primary N) is 1. The van der Waals surface area contributed by atoms with Crippen LogP contribution in [0, 0.1) is 5.41 Å². The Bertz CT molecular complexity index is 984. The average Bonchev–Trinajstić information content (AvgIpc) is 3.27. The molecule has 0 saturated carbocycles. The maximum Gasteiger partial charge on any atom is 0.321 e. The minimum absolute atomic E-state index is 0.0187. The lowest BCUT2D eigenvalue weighted by Crippen LogP contribution is -2.74. The summed E-state index contributed by atoms with van der Waals surface area (Å²) in [6, 6.07) is -0.952. The van der Waals surface area contributed by atoms with Gasteiger partial charge in [-0.3, -0.25) is 28.9 Å². The van der Waals surface area contributed by atoms with E-state index in [0.29, 0.717) is 6.42 Å². The van der Waals surface area contributed by atoms with Crippen molar-refractivity contribution in [2.75, 3.05) is 29.7 Å². The number of fused-ring (bicyclic) bond motifs is 1. The van der Waals surface area contributed by atoms with E-state index in [4.69, 9.17) is 15.2 Å². The molecule has 0 aliphatic carbocycles. The number of unbranched alkanes of at least 4 members (excludes halogenated alkanes) is 2. The Labute approximate surface area is 204 Å². The van der Waals surface area contributed by atoms with Crippen molar-refractivity contribution in [3.8, 4) is 0 Å². The summed E-state index contributed by atoms with van der Waals surface area (Å²) in [6.07, 6.45) is 4.36. The number of nitrogen functional groups attached to an aromatic ring is 1. The highest BCUT2D eigenvalue weighted by Crippen LogP contribution is 2.45. The summed E-state index contributed by atoms with van der Waals surface area (Å²) in [5.41, 5.74) is 4.44. The number of hydrogen-bond acceptors (Lipinski definition) is 11. The number of hydrogen-bond donors (Lipinski definition) is 1. The molecule has 184 valence electrons. The molecule has 3 heterocycles. The second kappa shape index (κ2) is 11.0. The lowest BCUT2D eigenvalue weighted by molar-refractivity contribution is -0.174. The molecule has 2 unspecified atom stereocenters. The van der Waals surface area contributed by atoms with Gasteiger partial charge >= 0.3 is 11.9 Å². The maximum atomic E-state index is 13.0. The first kappa shape index (κ1) is 25.7. The number of β-lactam (4-membered cyclic amide) rings is 1. The highest BCUT2D eigenvalue weighted by Gasteiger charge is 2.59. The Morgan fingerprint density at radius 2 is 2.15 bits per heavy atom. The molecular formula is C21H26N4O7S2. The van der Waals surface area contributed by atoms with Gasteiger partial charge in [-0.15, -0.1) is 29.7 Å². The number of esters is 2. The fourth-order valence-corrected chi connectivity index (χ4v) is 5.84. The lowest BCUT2D eigenvalue weighted by atomic mass is 9.87. The third-order valence-electron chi connectivity index (χ3n) is 5.64. The first-order valence-corrected chi connectivity index (χ1v) is 12.6. The van der Waals surface area contributed by atoms with Gasteiger partial charge in [0.2, 0.25) is 19.0 Å². The van der Waals surface area contributed by atoms with E-state index in [1.807, 2.05) is 6.92 Å². The summed E-state index contributed by atoms with van der Waals surface area (Å²) in [4.78, 5) is 67.5. The molecule has 0 spiro atoms. The van der Waals surface area contributed by atoms with E-state index < -0.39 is 47.4 Å². The summed E-state index contributed by atoms with van der Waals surface area (Å²) in [5, 5.41) is 1.20. The monoisotopic (exact) mass is 510 g/mol. The second-order valence-corrected chi connectivity index (χ2v) is 9.86. The quantitative estimate of drug-likeness (QED) is 0.0879. The van der Waals surface area contributed by atoms with Crippen LogP contribution in [0.4, 0.5) is 10.9 Å². The number of carbonyl (C=O) groups is 5. The van der Waals surface area contributed by atoms with Crippen LogP contribution in [-0.2, 0) is 33.4 Å². The topological polar surface area (TPSA) is 149 Å². The van der Waals surface area contributed by atoms with Crippen molar-refractivity contribution in [2.24, 2.45) is 5.41 Å². The molecule has 2 amide bonds. The summed E-state index contributed by atoms with van der Waals surface area (Å²) in [6.45, 7) is 5.22.